The topological polar surface area (TPSA) is 106 Å². The second-order valence-corrected chi connectivity index (χ2v) is 10.0. The van der Waals surface area contributed by atoms with Gasteiger partial charge < -0.3 is 9.40 Å². The zero-order valence-electron chi connectivity index (χ0n) is 21.5. The maximum absolute atomic E-state index is 13.6. The third-order valence-electron chi connectivity index (χ3n) is 6.91. The summed E-state index contributed by atoms with van der Waals surface area (Å²) in [4.78, 5) is 23.2. The van der Waals surface area contributed by atoms with Crippen molar-refractivity contribution in [2.45, 2.75) is 58.8 Å². The Morgan fingerprint density at radius 1 is 1.14 bits per heavy atom. The van der Waals surface area contributed by atoms with E-state index in [9.17, 15) is 4.79 Å². The molecule has 0 aliphatic rings. The lowest BCUT2D eigenvalue weighted by Crippen LogP contribution is -2.38. The van der Waals surface area contributed by atoms with Crippen LogP contribution in [0.3, 0.4) is 0 Å². The van der Waals surface area contributed by atoms with Crippen LogP contribution in [-0.2, 0) is 18.6 Å². The van der Waals surface area contributed by atoms with Gasteiger partial charge in [-0.15, -0.1) is 5.10 Å². The molecule has 0 saturated heterocycles. The van der Waals surface area contributed by atoms with Gasteiger partial charge in [-0.25, -0.2) is 4.68 Å². The van der Waals surface area contributed by atoms with Gasteiger partial charge in [-0.3, -0.25) is 14.7 Å². The monoisotopic (exact) mass is 497 g/mol. The minimum absolute atomic E-state index is 0.180. The van der Waals surface area contributed by atoms with Crippen molar-refractivity contribution in [1.82, 2.24) is 35.1 Å². The van der Waals surface area contributed by atoms with Crippen molar-refractivity contribution in [3.8, 4) is 0 Å². The largest absolute Gasteiger partial charge is 0.468 e. The standard InChI is InChI=1S/C28H31N7O2/c1-5-28(3,4)35-26(31-32-33-35)25(23-15-21-14-19(2)10-11-24(21)30-27(23)36)34(18-22-9-7-13-37-22)17-20-8-6-12-29-16-20/h6-16,25H,5,17-18H2,1-4H3,(H,30,36)/t25-/m0/s1. The second kappa shape index (κ2) is 10.1. The summed E-state index contributed by atoms with van der Waals surface area (Å²) in [6, 6.07) is 15.1. The molecule has 1 atom stereocenters. The molecule has 37 heavy (non-hydrogen) atoms. The zero-order chi connectivity index (χ0) is 26.0. The fourth-order valence-corrected chi connectivity index (χ4v) is 4.56. The van der Waals surface area contributed by atoms with Gasteiger partial charge in [-0.1, -0.05) is 24.6 Å². The van der Waals surface area contributed by atoms with Crippen molar-refractivity contribution >= 4 is 10.9 Å². The molecule has 0 bridgehead atoms. The molecular weight excluding hydrogens is 466 g/mol. The number of tetrazole rings is 1. The molecule has 1 aromatic carbocycles. The molecule has 0 amide bonds. The zero-order valence-corrected chi connectivity index (χ0v) is 21.5. The number of rotatable bonds is 9. The van der Waals surface area contributed by atoms with Crippen molar-refractivity contribution in [2.75, 3.05) is 0 Å². The summed E-state index contributed by atoms with van der Waals surface area (Å²) in [7, 11) is 0. The molecule has 190 valence electrons. The first-order valence-corrected chi connectivity index (χ1v) is 12.4. The number of H-pyrrole nitrogens is 1. The maximum Gasteiger partial charge on any atom is 0.253 e. The minimum atomic E-state index is -0.556. The Balaban J connectivity index is 1.73. The van der Waals surface area contributed by atoms with E-state index in [0.29, 0.717) is 24.5 Å². The average Bonchev–Trinajstić information content (AvgIpc) is 3.58. The van der Waals surface area contributed by atoms with E-state index in [0.717, 1.165) is 34.2 Å². The number of nitrogens with zero attached hydrogens (tertiary/aromatic N) is 6. The van der Waals surface area contributed by atoms with Gasteiger partial charge in [0.25, 0.3) is 5.56 Å². The number of aryl methyl sites for hydroxylation is 1. The number of benzene rings is 1. The van der Waals surface area contributed by atoms with Gasteiger partial charge in [0.15, 0.2) is 5.82 Å². The number of hydrogen-bond acceptors (Lipinski definition) is 7. The highest BCUT2D eigenvalue weighted by Crippen LogP contribution is 2.33. The summed E-state index contributed by atoms with van der Waals surface area (Å²) in [5.74, 6) is 1.37. The van der Waals surface area contributed by atoms with E-state index < -0.39 is 6.04 Å². The average molecular weight is 498 g/mol. The molecule has 0 unspecified atom stereocenters. The molecule has 0 radical (unpaired) electrons. The SMILES string of the molecule is CCC(C)(C)n1nnnc1[C@H](c1cc2cc(C)ccc2[nH]c1=O)N(Cc1cccnc1)Cc1ccco1. The van der Waals surface area contributed by atoms with Crippen LogP contribution in [0.2, 0.25) is 0 Å². The second-order valence-electron chi connectivity index (χ2n) is 10.0. The third-order valence-corrected chi connectivity index (χ3v) is 6.91. The van der Waals surface area contributed by atoms with Crippen molar-refractivity contribution in [1.29, 1.82) is 0 Å². The van der Waals surface area contributed by atoms with Gasteiger partial charge in [0.2, 0.25) is 0 Å². The Kier molecular flexibility index (Phi) is 6.71. The Labute approximate surface area is 215 Å². The van der Waals surface area contributed by atoms with Crippen molar-refractivity contribution in [2.24, 2.45) is 0 Å². The summed E-state index contributed by atoms with van der Waals surface area (Å²) in [6.07, 6.45) is 6.05. The smallest absolute Gasteiger partial charge is 0.253 e. The lowest BCUT2D eigenvalue weighted by atomic mass is 9.98. The number of hydrogen-bond donors (Lipinski definition) is 1. The van der Waals surface area contributed by atoms with Crippen LogP contribution >= 0.6 is 0 Å². The Morgan fingerprint density at radius 3 is 2.73 bits per heavy atom. The van der Waals surface area contributed by atoms with Gasteiger partial charge in [-0.05, 0) is 85.0 Å². The predicted octanol–water partition coefficient (Wildman–Crippen LogP) is 4.75. The number of nitrogens with one attached hydrogen (secondary N) is 1. The molecule has 0 aliphatic heterocycles. The summed E-state index contributed by atoms with van der Waals surface area (Å²) < 4.78 is 7.58. The van der Waals surface area contributed by atoms with Crippen molar-refractivity contribution in [3.63, 3.8) is 0 Å². The Bertz CT molecular complexity index is 1540. The van der Waals surface area contributed by atoms with E-state index in [4.69, 9.17) is 4.42 Å². The van der Waals surface area contributed by atoms with Gasteiger partial charge in [0, 0.05) is 30.0 Å². The first kappa shape index (κ1) is 24.6. The lowest BCUT2D eigenvalue weighted by Gasteiger charge is -2.33. The first-order valence-electron chi connectivity index (χ1n) is 12.4. The van der Waals surface area contributed by atoms with E-state index in [2.05, 4.69) is 57.2 Å². The molecule has 0 fully saturated rings. The summed E-state index contributed by atoms with van der Waals surface area (Å²) in [5, 5.41) is 13.9. The Morgan fingerprint density at radius 2 is 2.00 bits per heavy atom. The van der Waals surface area contributed by atoms with Crippen molar-refractivity contribution < 1.29 is 4.42 Å². The molecule has 0 saturated carbocycles. The van der Waals surface area contributed by atoms with Crippen LogP contribution in [0.15, 0.2) is 76.4 Å². The van der Waals surface area contributed by atoms with Gasteiger partial charge in [-0.2, -0.15) is 0 Å². The Hall–Kier alpha value is -4.11. The fraction of sp³-hybridized carbons (Fsp3) is 0.321. The van der Waals surface area contributed by atoms with E-state index in [1.807, 2.05) is 60.3 Å². The van der Waals surface area contributed by atoms with Crippen LogP contribution < -0.4 is 5.56 Å². The molecule has 4 aromatic heterocycles. The van der Waals surface area contributed by atoms with Crippen LogP contribution in [0.5, 0.6) is 0 Å². The van der Waals surface area contributed by atoms with Crippen LogP contribution in [0.25, 0.3) is 10.9 Å². The highest BCUT2D eigenvalue weighted by atomic mass is 16.3. The normalized spacial score (nSPS) is 12.9. The van der Waals surface area contributed by atoms with Gasteiger partial charge >= 0.3 is 0 Å². The fourth-order valence-electron chi connectivity index (χ4n) is 4.56. The van der Waals surface area contributed by atoms with Gasteiger partial charge in [0.1, 0.15) is 11.8 Å². The number of furan rings is 1. The molecule has 0 aliphatic carbocycles. The summed E-state index contributed by atoms with van der Waals surface area (Å²) >= 11 is 0. The minimum Gasteiger partial charge on any atom is -0.468 e. The van der Waals surface area contributed by atoms with E-state index in [1.165, 1.54) is 0 Å². The molecule has 9 heteroatoms. The number of aromatic amines is 1. The maximum atomic E-state index is 13.6. The van der Waals surface area contributed by atoms with Crippen molar-refractivity contribution in [3.05, 3.63) is 106 Å². The highest BCUT2D eigenvalue weighted by molar-refractivity contribution is 5.79. The van der Waals surface area contributed by atoms with E-state index >= 15 is 0 Å². The van der Waals surface area contributed by atoms with E-state index in [-0.39, 0.29) is 11.1 Å². The number of fused-ring (bicyclic) bond motifs is 1. The highest BCUT2D eigenvalue weighted by Gasteiger charge is 2.35. The van der Waals surface area contributed by atoms with Gasteiger partial charge in [0.05, 0.1) is 18.3 Å². The molecule has 1 N–H and O–H groups in total. The quantitative estimate of drug-likeness (QED) is 0.313. The van der Waals surface area contributed by atoms with E-state index in [1.54, 1.807) is 12.5 Å². The van der Waals surface area contributed by atoms with Crippen LogP contribution in [0.1, 0.15) is 61.5 Å². The molecule has 4 heterocycles. The molecule has 0 spiro atoms. The van der Waals surface area contributed by atoms with Crippen LogP contribution in [0, 0.1) is 6.92 Å². The molecule has 9 nitrogen and oxygen atoms in total. The molecule has 5 rings (SSSR count). The molecular formula is C28H31N7O2. The number of aromatic nitrogens is 6. The third kappa shape index (κ3) is 5.08. The summed E-state index contributed by atoms with van der Waals surface area (Å²) in [6.45, 7) is 9.27. The van der Waals surface area contributed by atoms with Crippen LogP contribution in [0.4, 0.5) is 0 Å². The lowest BCUT2D eigenvalue weighted by molar-refractivity contribution is 0.168. The first-order chi connectivity index (χ1) is 17.9. The summed E-state index contributed by atoms with van der Waals surface area (Å²) in [5.41, 5.74) is 2.93. The van der Waals surface area contributed by atoms with Crippen LogP contribution in [-0.4, -0.2) is 35.1 Å². The number of pyridine rings is 2. The molecule has 5 aromatic rings. The predicted molar refractivity (Wildman–Crippen MR) is 141 cm³/mol.